The van der Waals surface area contributed by atoms with Crippen LogP contribution < -0.4 is 5.73 Å². The number of hydrogen-bond acceptors (Lipinski definition) is 4. The number of rotatable bonds is 3. The van der Waals surface area contributed by atoms with Gasteiger partial charge < -0.3 is 15.0 Å². The summed E-state index contributed by atoms with van der Waals surface area (Å²) in [5, 5.41) is 0.673. The van der Waals surface area contributed by atoms with E-state index in [1.165, 1.54) is 0 Å². The van der Waals surface area contributed by atoms with Gasteiger partial charge in [-0.1, -0.05) is 29.3 Å². The molecule has 0 saturated carbocycles. The standard InChI is InChI=1S/C14H19BCl2N2O2/c1-13(2)14(3,4)21-15(20-13)10(8-18)7-9-5-6-11(16)19-12(9)17/h5-7H,8,18H2,1-4H3. The van der Waals surface area contributed by atoms with Gasteiger partial charge in [-0.2, -0.15) is 0 Å². The molecular formula is C14H19BCl2N2O2. The fourth-order valence-electron chi connectivity index (χ4n) is 1.95. The molecule has 2 heterocycles. The zero-order valence-corrected chi connectivity index (χ0v) is 14.1. The first-order chi connectivity index (χ1) is 9.66. The van der Waals surface area contributed by atoms with Crippen molar-refractivity contribution >= 4 is 36.4 Å². The van der Waals surface area contributed by atoms with Crippen molar-refractivity contribution in [3.63, 3.8) is 0 Å². The molecule has 4 nitrogen and oxygen atoms in total. The molecule has 0 amide bonds. The van der Waals surface area contributed by atoms with Crippen molar-refractivity contribution in [3.8, 4) is 0 Å². The maximum absolute atomic E-state index is 6.09. The second kappa shape index (κ2) is 5.90. The molecule has 0 unspecified atom stereocenters. The molecule has 1 fully saturated rings. The highest BCUT2D eigenvalue weighted by Gasteiger charge is 2.52. The smallest absolute Gasteiger partial charge is 0.400 e. The number of nitrogens with two attached hydrogens (primary N) is 1. The van der Waals surface area contributed by atoms with Gasteiger partial charge in [-0.25, -0.2) is 4.98 Å². The molecule has 7 heteroatoms. The molecule has 21 heavy (non-hydrogen) atoms. The first-order valence-corrected chi connectivity index (χ1v) is 7.50. The van der Waals surface area contributed by atoms with Crippen molar-refractivity contribution in [1.82, 2.24) is 4.98 Å². The molecule has 2 rings (SSSR count). The van der Waals surface area contributed by atoms with Gasteiger partial charge in [0.25, 0.3) is 0 Å². The van der Waals surface area contributed by atoms with E-state index in [0.717, 1.165) is 11.0 Å². The third-order valence-corrected chi connectivity index (χ3v) is 4.49. The lowest BCUT2D eigenvalue weighted by molar-refractivity contribution is 0.00578. The monoisotopic (exact) mass is 328 g/mol. The van der Waals surface area contributed by atoms with E-state index in [9.17, 15) is 0 Å². The molecule has 1 aliphatic rings. The summed E-state index contributed by atoms with van der Waals surface area (Å²) in [7, 11) is -0.494. The second-order valence-corrected chi connectivity index (χ2v) is 6.77. The van der Waals surface area contributed by atoms with Crippen LogP contribution in [0.15, 0.2) is 17.6 Å². The van der Waals surface area contributed by atoms with E-state index >= 15 is 0 Å². The fourth-order valence-corrected chi connectivity index (χ4v) is 2.35. The molecule has 1 aliphatic heterocycles. The van der Waals surface area contributed by atoms with Gasteiger partial charge >= 0.3 is 7.12 Å². The highest BCUT2D eigenvalue weighted by molar-refractivity contribution is 6.56. The number of aromatic nitrogens is 1. The van der Waals surface area contributed by atoms with Crippen LogP contribution in [0.3, 0.4) is 0 Å². The average Bonchev–Trinajstić information content (AvgIpc) is 2.57. The van der Waals surface area contributed by atoms with Crippen LogP contribution in [0.2, 0.25) is 10.3 Å². The number of pyridine rings is 1. The minimum atomic E-state index is -0.494. The van der Waals surface area contributed by atoms with Gasteiger partial charge in [-0.15, -0.1) is 0 Å². The lowest BCUT2D eigenvalue weighted by Gasteiger charge is -2.32. The molecule has 0 aromatic carbocycles. The predicted molar refractivity (Wildman–Crippen MR) is 87.4 cm³/mol. The number of hydrogen-bond donors (Lipinski definition) is 1. The summed E-state index contributed by atoms with van der Waals surface area (Å²) in [5.41, 5.74) is 6.56. The van der Waals surface area contributed by atoms with Crippen LogP contribution in [0.4, 0.5) is 0 Å². The van der Waals surface area contributed by atoms with Crippen LogP contribution in [0.5, 0.6) is 0 Å². The van der Waals surface area contributed by atoms with Gasteiger partial charge in [-0.05, 0) is 45.3 Å². The van der Waals surface area contributed by atoms with Crippen molar-refractivity contribution in [2.75, 3.05) is 6.54 Å². The highest BCUT2D eigenvalue weighted by atomic mass is 35.5. The van der Waals surface area contributed by atoms with Gasteiger partial charge in [0.05, 0.1) is 11.2 Å². The first-order valence-electron chi connectivity index (χ1n) is 6.74. The Morgan fingerprint density at radius 1 is 1.24 bits per heavy atom. The third kappa shape index (κ3) is 3.43. The Kier molecular flexibility index (Phi) is 4.71. The quantitative estimate of drug-likeness (QED) is 0.682. The molecule has 1 aromatic heterocycles. The van der Waals surface area contributed by atoms with Crippen molar-refractivity contribution in [3.05, 3.63) is 33.5 Å². The Balaban J connectivity index is 2.31. The van der Waals surface area contributed by atoms with Crippen LogP contribution in [0, 0.1) is 0 Å². The highest BCUT2D eigenvalue weighted by Crippen LogP contribution is 2.38. The Bertz CT molecular complexity index is 560. The minimum absolute atomic E-state index is 0.301. The van der Waals surface area contributed by atoms with E-state index in [2.05, 4.69) is 4.98 Å². The van der Waals surface area contributed by atoms with Gasteiger partial charge in [0.2, 0.25) is 0 Å². The molecule has 1 saturated heterocycles. The van der Waals surface area contributed by atoms with Crippen molar-refractivity contribution in [1.29, 1.82) is 0 Å². The summed E-state index contributed by atoms with van der Waals surface area (Å²) in [4.78, 5) is 4.01. The normalized spacial score (nSPS) is 20.9. The zero-order chi connectivity index (χ0) is 15.8. The Morgan fingerprint density at radius 2 is 1.81 bits per heavy atom. The summed E-state index contributed by atoms with van der Waals surface area (Å²) >= 11 is 11.9. The lowest BCUT2D eigenvalue weighted by Crippen LogP contribution is -2.41. The fraction of sp³-hybridized carbons (Fsp3) is 0.500. The molecule has 0 atom stereocenters. The summed E-state index contributed by atoms with van der Waals surface area (Å²) in [6.45, 7) is 8.29. The van der Waals surface area contributed by atoms with Gasteiger partial charge in [0.1, 0.15) is 10.3 Å². The van der Waals surface area contributed by atoms with Gasteiger partial charge in [-0.3, -0.25) is 0 Å². The molecule has 1 aromatic rings. The van der Waals surface area contributed by atoms with E-state index in [1.54, 1.807) is 12.1 Å². The van der Waals surface area contributed by atoms with Crippen LogP contribution in [0.1, 0.15) is 33.3 Å². The topological polar surface area (TPSA) is 57.4 Å². The van der Waals surface area contributed by atoms with Crippen molar-refractivity contribution < 1.29 is 9.31 Å². The average molecular weight is 329 g/mol. The predicted octanol–water partition coefficient (Wildman–Crippen LogP) is 3.36. The van der Waals surface area contributed by atoms with Gasteiger partial charge in [0.15, 0.2) is 0 Å². The maximum Gasteiger partial charge on any atom is 0.491 e. The lowest BCUT2D eigenvalue weighted by atomic mass is 9.77. The van der Waals surface area contributed by atoms with Crippen molar-refractivity contribution in [2.45, 2.75) is 38.9 Å². The SMILES string of the molecule is CC1(C)OB(C(=Cc2ccc(Cl)nc2Cl)CN)OC1(C)C. The molecule has 0 aliphatic carbocycles. The largest absolute Gasteiger partial charge is 0.491 e. The van der Waals surface area contributed by atoms with E-state index in [1.807, 2.05) is 33.8 Å². The second-order valence-electron chi connectivity index (χ2n) is 6.03. The van der Waals surface area contributed by atoms with E-state index in [-0.39, 0.29) is 0 Å². The summed E-state index contributed by atoms with van der Waals surface area (Å²) in [6.07, 6.45) is 1.84. The van der Waals surface area contributed by atoms with E-state index in [0.29, 0.717) is 16.9 Å². The molecule has 0 bridgehead atoms. The number of nitrogens with zero attached hydrogens (tertiary/aromatic N) is 1. The van der Waals surface area contributed by atoms with Crippen molar-refractivity contribution in [2.24, 2.45) is 5.73 Å². The summed E-state index contributed by atoms with van der Waals surface area (Å²) in [6, 6.07) is 3.47. The third-order valence-electron chi connectivity index (χ3n) is 3.98. The van der Waals surface area contributed by atoms with Crippen LogP contribution in [0.25, 0.3) is 6.08 Å². The maximum atomic E-state index is 6.09. The molecule has 114 valence electrons. The number of halogens is 2. The van der Waals surface area contributed by atoms with E-state index in [4.69, 9.17) is 38.2 Å². The summed E-state index contributed by atoms with van der Waals surface area (Å²) < 4.78 is 12.0. The Hall–Kier alpha value is -0.585. The van der Waals surface area contributed by atoms with E-state index < -0.39 is 18.3 Å². The zero-order valence-electron chi connectivity index (χ0n) is 12.6. The van der Waals surface area contributed by atoms with Crippen LogP contribution in [-0.4, -0.2) is 29.8 Å². The Labute approximate surface area is 135 Å². The van der Waals surface area contributed by atoms with Crippen LogP contribution >= 0.6 is 23.2 Å². The Morgan fingerprint density at radius 3 is 2.29 bits per heavy atom. The minimum Gasteiger partial charge on any atom is -0.400 e. The molecule has 2 N–H and O–H groups in total. The molecule has 0 radical (unpaired) electrons. The first kappa shape index (κ1) is 16.8. The van der Waals surface area contributed by atoms with Gasteiger partial charge in [0, 0.05) is 12.1 Å². The molecular weight excluding hydrogens is 310 g/mol. The molecule has 0 spiro atoms. The summed E-state index contributed by atoms with van der Waals surface area (Å²) in [5.74, 6) is 0. The van der Waals surface area contributed by atoms with Crippen LogP contribution in [-0.2, 0) is 9.31 Å².